The van der Waals surface area contributed by atoms with E-state index < -0.39 is 6.10 Å². The number of carbonyl (C=O) groups is 2. The molecule has 0 aliphatic carbocycles. The fourth-order valence-electron chi connectivity index (χ4n) is 9.24. The normalized spacial score (nSPS) is 12.2. The van der Waals surface area contributed by atoms with Crippen LogP contribution in [0.2, 0.25) is 0 Å². The summed E-state index contributed by atoms with van der Waals surface area (Å²) in [4.78, 5) is 24.4. The van der Waals surface area contributed by atoms with Crippen molar-refractivity contribution in [1.82, 2.24) is 0 Å². The minimum Gasteiger partial charge on any atom is -0.462 e. The lowest BCUT2D eigenvalue weighted by atomic mass is 10.0. The number of ether oxygens (including phenoxy) is 2. The Morgan fingerprint density at radius 3 is 0.894 bits per heavy atom. The number of hydrogen-bond donors (Lipinski definition) is 1. The molecule has 0 aliphatic rings. The molecule has 0 rings (SSSR count). The minimum absolute atomic E-state index is 0.0581. The van der Waals surface area contributed by atoms with Crippen LogP contribution >= 0.6 is 0 Å². The van der Waals surface area contributed by atoms with Gasteiger partial charge in [0.15, 0.2) is 6.10 Å². The number of carbonyl (C=O) groups excluding carboxylic acids is 2. The van der Waals surface area contributed by atoms with Crippen LogP contribution in [0.25, 0.3) is 0 Å². The standard InChI is InChI=1S/C61H116O5/c1-3-5-7-9-11-13-15-16-17-18-19-20-21-22-23-24-25-26-27-28-29-30-31-32-33-34-35-36-37-38-39-40-41-42-43-44-46-48-50-52-54-56-61(64)66-59(57-62)58-65-60(63)55-53-51-49-47-45-14-12-10-8-6-4-2/h15-16,18-19,59,62H,3-14,17,20-58H2,1-2H3/b16-15-,19-18-. The van der Waals surface area contributed by atoms with Crippen molar-refractivity contribution in [3.63, 3.8) is 0 Å². The zero-order chi connectivity index (χ0) is 47.7. The van der Waals surface area contributed by atoms with Crippen molar-refractivity contribution in [2.75, 3.05) is 13.2 Å². The molecule has 1 atom stereocenters. The Balaban J connectivity index is 3.32. The number of hydrogen-bond acceptors (Lipinski definition) is 5. The largest absolute Gasteiger partial charge is 0.462 e. The lowest BCUT2D eigenvalue weighted by molar-refractivity contribution is -0.161. The topological polar surface area (TPSA) is 72.8 Å². The summed E-state index contributed by atoms with van der Waals surface area (Å²) >= 11 is 0. The summed E-state index contributed by atoms with van der Waals surface area (Å²) in [6.07, 6.45) is 73.4. The van der Waals surface area contributed by atoms with Gasteiger partial charge in [-0.05, 0) is 44.9 Å². The van der Waals surface area contributed by atoms with Gasteiger partial charge in [0.2, 0.25) is 0 Å². The number of esters is 2. The molecule has 0 aliphatic heterocycles. The zero-order valence-corrected chi connectivity index (χ0v) is 44.7. The van der Waals surface area contributed by atoms with Gasteiger partial charge < -0.3 is 14.6 Å². The molecule has 1 N–H and O–H groups in total. The highest BCUT2D eigenvalue weighted by Gasteiger charge is 2.16. The first-order valence-electron chi connectivity index (χ1n) is 29.9. The molecule has 390 valence electrons. The van der Waals surface area contributed by atoms with Gasteiger partial charge in [0.1, 0.15) is 6.61 Å². The molecule has 1 unspecified atom stereocenters. The van der Waals surface area contributed by atoms with Crippen LogP contribution in [0.1, 0.15) is 335 Å². The van der Waals surface area contributed by atoms with Gasteiger partial charge in [-0.2, -0.15) is 0 Å². The van der Waals surface area contributed by atoms with Crippen LogP contribution in [0, 0.1) is 0 Å². The van der Waals surface area contributed by atoms with Gasteiger partial charge in [0, 0.05) is 12.8 Å². The Morgan fingerprint density at radius 2 is 0.606 bits per heavy atom. The SMILES string of the molecule is CCCCCCC/C=C\C/C=C\CCCCCCCCCCCCCCCCCCCCCCCCCCCCCCCC(=O)OC(CO)COC(=O)CCCCCCCCCCCCC. The molecular weight excluding hydrogens is 813 g/mol. The van der Waals surface area contributed by atoms with Crippen LogP contribution in [0.15, 0.2) is 24.3 Å². The average molecular weight is 930 g/mol. The van der Waals surface area contributed by atoms with Crippen LogP contribution in [0.3, 0.4) is 0 Å². The monoisotopic (exact) mass is 929 g/mol. The van der Waals surface area contributed by atoms with Crippen LogP contribution in [0.4, 0.5) is 0 Å². The van der Waals surface area contributed by atoms with Crippen LogP contribution in [-0.2, 0) is 19.1 Å². The van der Waals surface area contributed by atoms with Crippen molar-refractivity contribution >= 4 is 11.9 Å². The third-order valence-corrected chi connectivity index (χ3v) is 13.7. The highest BCUT2D eigenvalue weighted by molar-refractivity contribution is 5.70. The quantitative estimate of drug-likeness (QED) is 0.0374. The lowest BCUT2D eigenvalue weighted by Crippen LogP contribution is -2.28. The van der Waals surface area contributed by atoms with E-state index in [0.717, 1.165) is 44.9 Å². The Kier molecular flexibility index (Phi) is 56.3. The molecule has 0 heterocycles. The maximum Gasteiger partial charge on any atom is 0.306 e. The van der Waals surface area contributed by atoms with Gasteiger partial charge in [0.05, 0.1) is 6.61 Å². The summed E-state index contributed by atoms with van der Waals surface area (Å²) in [6, 6.07) is 0. The maximum atomic E-state index is 12.3. The van der Waals surface area contributed by atoms with E-state index in [1.54, 1.807) is 0 Å². The Bertz CT molecular complexity index is 1010. The fraction of sp³-hybridized carbons (Fsp3) is 0.902. The van der Waals surface area contributed by atoms with Gasteiger partial charge in [-0.3, -0.25) is 9.59 Å². The van der Waals surface area contributed by atoms with E-state index in [2.05, 4.69) is 38.2 Å². The van der Waals surface area contributed by atoms with E-state index in [4.69, 9.17) is 9.47 Å². The van der Waals surface area contributed by atoms with E-state index >= 15 is 0 Å². The molecule has 0 fully saturated rings. The number of aliphatic hydroxyl groups excluding tert-OH is 1. The van der Waals surface area contributed by atoms with E-state index in [1.165, 1.54) is 263 Å². The smallest absolute Gasteiger partial charge is 0.306 e. The molecule has 5 heteroatoms. The van der Waals surface area contributed by atoms with Crippen molar-refractivity contribution in [2.45, 2.75) is 341 Å². The average Bonchev–Trinajstić information content (AvgIpc) is 3.32. The van der Waals surface area contributed by atoms with E-state index in [0.29, 0.717) is 12.8 Å². The predicted molar refractivity (Wildman–Crippen MR) is 288 cm³/mol. The Labute approximate surface area is 413 Å². The van der Waals surface area contributed by atoms with E-state index in [-0.39, 0.29) is 25.2 Å². The Hall–Kier alpha value is -1.62. The number of allylic oxidation sites excluding steroid dienone is 4. The molecular formula is C61H116O5. The van der Waals surface area contributed by atoms with Crippen molar-refractivity contribution in [1.29, 1.82) is 0 Å². The third kappa shape index (κ3) is 55.0. The molecule has 66 heavy (non-hydrogen) atoms. The number of unbranched alkanes of at least 4 members (excludes halogenated alkanes) is 44. The van der Waals surface area contributed by atoms with Crippen LogP contribution < -0.4 is 0 Å². The third-order valence-electron chi connectivity index (χ3n) is 13.7. The van der Waals surface area contributed by atoms with Gasteiger partial charge in [0.25, 0.3) is 0 Å². The zero-order valence-electron chi connectivity index (χ0n) is 44.7. The second kappa shape index (κ2) is 57.7. The first-order chi connectivity index (χ1) is 32.6. The molecule has 0 amide bonds. The van der Waals surface area contributed by atoms with Gasteiger partial charge in [-0.25, -0.2) is 0 Å². The molecule has 0 bridgehead atoms. The van der Waals surface area contributed by atoms with Crippen molar-refractivity contribution in [2.24, 2.45) is 0 Å². The highest BCUT2D eigenvalue weighted by atomic mass is 16.6. The number of rotatable bonds is 56. The molecule has 0 radical (unpaired) electrons. The minimum atomic E-state index is -0.764. The summed E-state index contributed by atoms with van der Waals surface area (Å²) < 4.78 is 10.7. The van der Waals surface area contributed by atoms with Crippen LogP contribution in [0.5, 0.6) is 0 Å². The number of aliphatic hydroxyl groups is 1. The molecule has 0 saturated heterocycles. The molecule has 5 nitrogen and oxygen atoms in total. The van der Waals surface area contributed by atoms with Crippen molar-refractivity contribution in [3.05, 3.63) is 24.3 Å². The molecule has 0 spiro atoms. The fourth-order valence-corrected chi connectivity index (χ4v) is 9.24. The summed E-state index contributed by atoms with van der Waals surface area (Å²) in [7, 11) is 0. The summed E-state index contributed by atoms with van der Waals surface area (Å²) in [5.74, 6) is -0.572. The first kappa shape index (κ1) is 64.4. The molecule has 0 aromatic rings. The van der Waals surface area contributed by atoms with E-state index in [9.17, 15) is 14.7 Å². The predicted octanol–water partition coefficient (Wildman–Crippen LogP) is 20.1. The van der Waals surface area contributed by atoms with E-state index in [1.807, 2.05) is 0 Å². The highest BCUT2D eigenvalue weighted by Crippen LogP contribution is 2.18. The second-order valence-corrected chi connectivity index (χ2v) is 20.4. The first-order valence-corrected chi connectivity index (χ1v) is 29.9. The van der Waals surface area contributed by atoms with Crippen molar-refractivity contribution in [3.8, 4) is 0 Å². The molecule has 0 aromatic carbocycles. The summed E-state index contributed by atoms with van der Waals surface area (Å²) in [6.45, 7) is 4.16. The van der Waals surface area contributed by atoms with Gasteiger partial charge >= 0.3 is 11.9 Å². The van der Waals surface area contributed by atoms with Crippen LogP contribution in [-0.4, -0.2) is 36.4 Å². The molecule has 0 aromatic heterocycles. The summed E-state index contributed by atoms with van der Waals surface area (Å²) in [5.41, 5.74) is 0. The van der Waals surface area contributed by atoms with Crippen molar-refractivity contribution < 1.29 is 24.2 Å². The van der Waals surface area contributed by atoms with Gasteiger partial charge in [-0.15, -0.1) is 0 Å². The maximum absolute atomic E-state index is 12.3. The Morgan fingerprint density at radius 1 is 0.348 bits per heavy atom. The lowest BCUT2D eigenvalue weighted by Gasteiger charge is -2.15. The second-order valence-electron chi connectivity index (χ2n) is 20.4. The summed E-state index contributed by atoms with van der Waals surface area (Å²) in [5, 5.41) is 9.61. The van der Waals surface area contributed by atoms with Gasteiger partial charge in [-0.1, -0.05) is 301 Å². The molecule has 0 saturated carbocycles.